The molecule has 0 spiro atoms. The molecule has 3 nitrogen and oxygen atoms in total. The molecular weight excluding hydrogens is 284 g/mol. The second-order valence-electron chi connectivity index (χ2n) is 5.55. The van der Waals surface area contributed by atoms with Gasteiger partial charge in [-0.2, -0.15) is 0 Å². The highest BCUT2D eigenvalue weighted by molar-refractivity contribution is 5.85. The molecule has 2 unspecified atom stereocenters. The lowest BCUT2D eigenvalue weighted by molar-refractivity contribution is -0.122. The quantitative estimate of drug-likeness (QED) is 0.766. The number of carbonyl (C=O) groups excluding carboxylic acids is 1. The first-order chi connectivity index (χ1) is 9.58. The molecule has 1 aromatic rings. The van der Waals surface area contributed by atoms with E-state index in [2.05, 4.69) is 31.3 Å². The Balaban J connectivity index is 0.00000400. The van der Waals surface area contributed by atoms with E-state index in [1.165, 1.54) is 5.56 Å². The van der Waals surface area contributed by atoms with Crippen molar-refractivity contribution < 1.29 is 4.79 Å². The van der Waals surface area contributed by atoms with Gasteiger partial charge in [-0.25, -0.2) is 0 Å². The van der Waals surface area contributed by atoms with Crippen LogP contribution in [-0.2, 0) is 4.79 Å². The zero-order chi connectivity index (χ0) is 15.0. The number of rotatable bonds is 8. The molecule has 1 aromatic carbocycles. The predicted molar refractivity (Wildman–Crippen MR) is 91.5 cm³/mol. The average Bonchev–Trinajstić information content (AvgIpc) is 2.46. The molecular formula is C17H29ClN2O. The van der Waals surface area contributed by atoms with Crippen molar-refractivity contribution in [1.29, 1.82) is 0 Å². The van der Waals surface area contributed by atoms with E-state index in [1.807, 2.05) is 25.1 Å². The molecule has 0 aliphatic heterocycles. The second-order valence-corrected chi connectivity index (χ2v) is 5.55. The van der Waals surface area contributed by atoms with Crippen molar-refractivity contribution in [3.05, 3.63) is 35.9 Å². The van der Waals surface area contributed by atoms with Gasteiger partial charge in [-0.05, 0) is 24.8 Å². The van der Waals surface area contributed by atoms with Crippen LogP contribution in [0.15, 0.2) is 30.3 Å². The number of nitrogens with one attached hydrogen (secondary N) is 1. The van der Waals surface area contributed by atoms with Gasteiger partial charge in [0.15, 0.2) is 0 Å². The average molecular weight is 313 g/mol. The zero-order valence-corrected chi connectivity index (χ0v) is 14.2. The third-order valence-corrected chi connectivity index (χ3v) is 3.82. The number of carbonyl (C=O) groups is 1. The van der Waals surface area contributed by atoms with Gasteiger partial charge in [0.1, 0.15) is 0 Å². The van der Waals surface area contributed by atoms with Crippen LogP contribution in [0.5, 0.6) is 0 Å². The summed E-state index contributed by atoms with van der Waals surface area (Å²) in [5.74, 6) is 0.569. The molecule has 0 bridgehead atoms. The highest BCUT2D eigenvalue weighted by Gasteiger charge is 2.22. The van der Waals surface area contributed by atoms with Crippen LogP contribution in [-0.4, -0.2) is 11.9 Å². The summed E-state index contributed by atoms with van der Waals surface area (Å²) in [5, 5.41) is 3.20. The Morgan fingerprint density at radius 3 is 2.24 bits per heavy atom. The number of halogens is 1. The van der Waals surface area contributed by atoms with Gasteiger partial charge in [0.05, 0.1) is 6.04 Å². The van der Waals surface area contributed by atoms with Gasteiger partial charge in [0.25, 0.3) is 0 Å². The van der Waals surface area contributed by atoms with Gasteiger partial charge in [-0.1, -0.05) is 57.0 Å². The first-order valence-electron chi connectivity index (χ1n) is 7.68. The lowest BCUT2D eigenvalue weighted by atomic mass is 9.88. The van der Waals surface area contributed by atoms with Crippen LogP contribution in [0.4, 0.5) is 0 Å². The van der Waals surface area contributed by atoms with Gasteiger partial charge in [-0.3, -0.25) is 4.79 Å². The van der Waals surface area contributed by atoms with Crippen LogP contribution >= 0.6 is 12.4 Å². The van der Waals surface area contributed by atoms with Crippen molar-refractivity contribution in [3.63, 3.8) is 0 Å². The first-order valence-corrected chi connectivity index (χ1v) is 7.68. The highest BCUT2D eigenvalue weighted by atomic mass is 35.5. The third kappa shape index (κ3) is 6.96. The molecule has 0 saturated heterocycles. The van der Waals surface area contributed by atoms with Crippen molar-refractivity contribution in [2.75, 3.05) is 0 Å². The van der Waals surface area contributed by atoms with E-state index < -0.39 is 0 Å². The number of nitrogens with two attached hydrogens (primary N) is 1. The van der Waals surface area contributed by atoms with E-state index in [0.717, 1.165) is 19.3 Å². The third-order valence-electron chi connectivity index (χ3n) is 3.82. The maximum absolute atomic E-state index is 12.1. The minimum atomic E-state index is 0. The fourth-order valence-corrected chi connectivity index (χ4v) is 2.50. The van der Waals surface area contributed by atoms with Crippen molar-refractivity contribution in [2.24, 2.45) is 11.7 Å². The fraction of sp³-hybridized carbons (Fsp3) is 0.588. The van der Waals surface area contributed by atoms with Crippen LogP contribution < -0.4 is 11.1 Å². The Kier molecular flexibility index (Phi) is 10.1. The van der Waals surface area contributed by atoms with Crippen LogP contribution in [0.3, 0.4) is 0 Å². The summed E-state index contributed by atoms with van der Waals surface area (Å²) in [5.41, 5.74) is 6.90. The highest BCUT2D eigenvalue weighted by Crippen LogP contribution is 2.27. The summed E-state index contributed by atoms with van der Waals surface area (Å²) in [4.78, 5) is 12.1. The maximum Gasteiger partial charge on any atom is 0.220 e. The monoisotopic (exact) mass is 312 g/mol. The summed E-state index contributed by atoms with van der Waals surface area (Å²) >= 11 is 0. The molecule has 120 valence electrons. The lowest BCUT2D eigenvalue weighted by Gasteiger charge is -2.27. The van der Waals surface area contributed by atoms with Crippen LogP contribution in [0, 0.1) is 5.92 Å². The molecule has 4 heteroatoms. The molecule has 0 aliphatic carbocycles. The normalized spacial score (nSPS) is 13.4. The van der Waals surface area contributed by atoms with Crippen LogP contribution in [0.25, 0.3) is 0 Å². The van der Waals surface area contributed by atoms with Gasteiger partial charge < -0.3 is 11.1 Å². The molecule has 0 aromatic heterocycles. The smallest absolute Gasteiger partial charge is 0.220 e. The van der Waals surface area contributed by atoms with Crippen LogP contribution in [0.2, 0.25) is 0 Å². The van der Waals surface area contributed by atoms with Crippen molar-refractivity contribution in [1.82, 2.24) is 5.32 Å². The Hall–Kier alpha value is -1.06. The Morgan fingerprint density at radius 1 is 1.19 bits per heavy atom. The standard InChI is InChI=1S/C17H28N2O.ClH/c1-4-14(5-2)17(15-9-7-6-8-10-15)19-16(20)12-11-13(3)18;/h6-10,13-14,17H,4-5,11-12,18H2,1-3H3,(H,19,20);1H. The summed E-state index contributed by atoms with van der Waals surface area (Å²) in [6, 6.07) is 10.4. The number of hydrogen-bond donors (Lipinski definition) is 2. The summed E-state index contributed by atoms with van der Waals surface area (Å²) in [7, 11) is 0. The Labute approximate surface area is 135 Å². The van der Waals surface area contributed by atoms with Crippen molar-refractivity contribution in [2.45, 2.75) is 58.5 Å². The summed E-state index contributed by atoms with van der Waals surface area (Å²) in [6.07, 6.45) is 3.35. The van der Waals surface area contributed by atoms with E-state index in [4.69, 9.17) is 5.73 Å². The molecule has 0 fully saturated rings. The van der Waals surface area contributed by atoms with Gasteiger partial charge in [-0.15, -0.1) is 12.4 Å². The second kappa shape index (κ2) is 10.6. The zero-order valence-electron chi connectivity index (χ0n) is 13.3. The van der Waals surface area contributed by atoms with Crippen molar-refractivity contribution in [3.8, 4) is 0 Å². The van der Waals surface area contributed by atoms with Gasteiger partial charge in [0, 0.05) is 12.5 Å². The first kappa shape index (κ1) is 19.9. The van der Waals surface area contributed by atoms with Gasteiger partial charge >= 0.3 is 0 Å². The largest absolute Gasteiger partial charge is 0.349 e. The molecule has 2 atom stereocenters. The maximum atomic E-state index is 12.1. The molecule has 0 aliphatic rings. The Bertz CT molecular complexity index is 391. The minimum Gasteiger partial charge on any atom is -0.349 e. The van der Waals surface area contributed by atoms with E-state index >= 15 is 0 Å². The minimum absolute atomic E-state index is 0. The molecule has 0 saturated carbocycles. The van der Waals surface area contributed by atoms with Crippen LogP contribution in [0.1, 0.15) is 58.1 Å². The molecule has 0 radical (unpaired) electrons. The summed E-state index contributed by atoms with van der Waals surface area (Å²) in [6.45, 7) is 6.29. The number of amides is 1. The Morgan fingerprint density at radius 2 is 1.76 bits per heavy atom. The molecule has 21 heavy (non-hydrogen) atoms. The molecule has 0 heterocycles. The van der Waals surface area contributed by atoms with E-state index in [9.17, 15) is 4.79 Å². The number of benzene rings is 1. The van der Waals surface area contributed by atoms with Crippen molar-refractivity contribution >= 4 is 18.3 Å². The lowest BCUT2D eigenvalue weighted by Crippen LogP contribution is -2.34. The molecule has 3 N–H and O–H groups in total. The topological polar surface area (TPSA) is 55.1 Å². The SMILES string of the molecule is CCC(CC)C(NC(=O)CCC(C)N)c1ccccc1.Cl. The summed E-state index contributed by atoms with van der Waals surface area (Å²) < 4.78 is 0. The number of hydrogen-bond acceptors (Lipinski definition) is 2. The fourth-order valence-electron chi connectivity index (χ4n) is 2.50. The molecule has 1 amide bonds. The van der Waals surface area contributed by atoms with Gasteiger partial charge in [0.2, 0.25) is 5.91 Å². The predicted octanol–water partition coefficient (Wildman–Crippen LogP) is 3.83. The van der Waals surface area contributed by atoms with E-state index in [1.54, 1.807) is 0 Å². The van der Waals surface area contributed by atoms with E-state index in [0.29, 0.717) is 12.3 Å². The van der Waals surface area contributed by atoms with E-state index in [-0.39, 0.29) is 30.4 Å². The molecule has 1 rings (SSSR count).